The highest BCUT2D eigenvalue weighted by Crippen LogP contribution is 2.28. The van der Waals surface area contributed by atoms with Crippen LogP contribution in [0.1, 0.15) is 232 Å². The van der Waals surface area contributed by atoms with Gasteiger partial charge in [0.25, 0.3) is 5.91 Å². The molecule has 492 valence electrons. The van der Waals surface area contributed by atoms with Crippen LogP contribution in [0, 0.1) is 21.7 Å². The normalized spacial score (nSPS) is 10.3. The summed E-state index contributed by atoms with van der Waals surface area (Å²) in [5.74, 6) is 1.09. The highest BCUT2D eigenvalue weighted by Gasteiger charge is 2.31. The molecule has 0 fully saturated rings. The Morgan fingerprint density at radius 3 is 1.12 bits per heavy atom. The molecule has 6 amide bonds. The summed E-state index contributed by atoms with van der Waals surface area (Å²) in [6.45, 7) is 45.8. The zero-order chi connectivity index (χ0) is 66.8. The molecule has 0 aliphatic rings. The van der Waals surface area contributed by atoms with Crippen molar-refractivity contribution in [3.05, 3.63) is 54.1 Å². The average Bonchev–Trinajstić information content (AvgIpc) is 3.62. The van der Waals surface area contributed by atoms with Crippen molar-refractivity contribution in [2.24, 2.45) is 33.1 Å². The number of anilines is 1. The number of rotatable bonds is 35. The molecule has 19 nitrogen and oxygen atoms in total. The quantitative estimate of drug-likeness (QED) is 0.0226. The predicted octanol–water partition coefficient (Wildman–Crippen LogP) is 10.2. The maximum Gasteiger partial charge on any atom is 0.569 e. The van der Waals surface area contributed by atoms with Crippen molar-refractivity contribution in [1.82, 2.24) is 31.9 Å². The fourth-order valence-electron chi connectivity index (χ4n) is 6.76. The zero-order valence-corrected chi connectivity index (χ0v) is 57.1. The minimum Gasteiger partial charge on any atom is -0.537 e. The van der Waals surface area contributed by atoms with Gasteiger partial charge in [-0.25, -0.2) is 0 Å². The van der Waals surface area contributed by atoms with E-state index in [1.807, 2.05) is 138 Å². The fraction of sp³-hybridized carbons (Fsp3) is 0.719. The van der Waals surface area contributed by atoms with Crippen LogP contribution < -0.4 is 58.0 Å². The molecule has 85 heavy (non-hydrogen) atoms. The molecule has 0 atom stereocenters. The number of hydrogen-bond acceptors (Lipinski definition) is 13. The Hall–Kier alpha value is -5.21. The molecule has 2 aromatic rings. The third kappa shape index (κ3) is 42.3. The van der Waals surface area contributed by atoms with E-state index >= 15 is 0 Å². The van der Waals surface area contributed by atoms with Crippen molar-refractivity contribution in [3.8, 4) is 11.5 Å². The summed E-state index contributed by atoms with van der Waals surface area (Å²) >= 11 is 0. The van der Waals surface area contributed by atoms with Gasteiger partial charge in [0.1, 0.15) is 11.5 Å². The summed E-state index contributed by atoms with van der Waals surface area (Å²) in [5.41, 5.74) is 10.8. The average molecular weight is 1200 g/mol. The van der Waals surface area contributed by atoms with E-state index < -0.39 is 0 Å². The summed E-state index contributed by atoms with van der Waals surface area (Å²) < 4.78 is 9.63. The van der Waals surface area contributed by atoms with E-state index in [-0.39, 0.29) is 57.1 Å². The molecule has 0 bridgehead atoms. The summed E-state index contributed by atoms with van der Waals surface area (Å²) in [6.07, 6.45) is 10.4. The topological polar surface area (TPSA) is 298 Å². The van der Waals surface area contributed by atoms with E-state index in [0.29, 0.717) is 103 Å². The minimum atomic E-state index is -0.320. The number of nitrogens with one attached hydrogen (secondary N) is 7. The molecule has 21 heteroatoms. The highest BCUT2D eigenvalue weighted by molar-refractivity contribution is 6.17. The summed E-state index contributed by atoms with van der Waals surface area (Å²) in [7, 11) is 1.18. The maximum atomic E-state index is 12.1. The molecule has 0 aliphatic carbocycles. The van der Waals surface area contributed by atoms with Crippen LogP contribution >= 0.6 is 0 Å². The van der Waals surface area contributed by atoms with Crippen molar-refractivity contribution < 1.29 is 48.1 Å². The van der Waals surface area contributed by atoms with Gasteiger partial charge in [-0.3, -0.25) is 28.8 Å². The summed E-state index contributed by atoms with van der Waals surface area (Å²) in [5, 5.41) is 37.7. The number of amides is 6. The Balaban J connectivity index is -0.000000245. The van der Waals surface area contributed by atoms with Gasteiger partial charge in [0.2, 0.25) is 29.5 Å². The van der Waals surface area contributed by atoms with Crippen LogP contribution in [0.2, 0.25) is 0 Å². The lowest BCUT2D eigenvalue weighted by molar-refractivity contribution is -0.131. The van der Waals surface area contributed by atoms with Crippen LogP contribution in [-0.2, 0) is 24.0 Å². The van der Waals surface area contributed by atoms with Crippen LogP contribution in [0.3, 0.4) is 0 Å². The largest absolute Gasteiger partial charge is 0.569 e. The Bertz CT molecular complexity index is 1900. The molecule has 0 spiro atoms. The molecule has 0 heterocycles. The molecule has 0 aliphatic heterocycles. The highest BCUT2D eigenvalue weighted by atomic mass is 16.5. The number of carbonyl (C=O) groups excluding carboxylic acids is 6. The van der Waals surface area contributed by atoms with E-state index in [9.17, 15) is 28.8 Å². The molecule has 0 unspecified atom stereocenters. The van der Waals surface area contributed by atoms with Gasteiger partial charge < -0.3 is 68.0 Å². The third-order valence-corrected chi connectivity index (χ3v) is 14.6. The van der Waals surface area contributed by atoms with Crippen molar-refractivity contribution in [3.63, 3.8) is 0 Å². The van der Waals surface area contributed by atoms with Gasteiger partial charge in [0, 0.05) is 84.7 Å². The second kappa shape index (κ2) is 59.1. The minimum absolute atomic E-state index is 0.0649. The second-order valence-electron chi connectivity index (χ2n) is 19.9. The van der Waals surface area contributed by atoms with Crippen LogP contribution in [0.5, 0.6) is 11.5 Å². The van der Waals surface area contributed by atoms with Crippen LogP contribution in [0.4, 0.5) is 5.69 Å². The van der Waals surface area contributed by atoms with Gasteiger partial charge in [-0.1, -0.05) is 145 Å². The standard InChI is InChI=1S/C19H31BN3O4.C17H26BN2O4.2C10H22N2O.4C2H6/c1-4-19(3,5-2)18(25)22-12-7-11-21-13-10-17(24)23-15-8-6-9-16(14-15)27-20-26;1-4-17(3,5-2)16(22)20-12-6-11-19-15(21)13-7-9-14(10-8-13)24-18-23;2*1-4-10(3,5-2)9(13)12-8-6-7-11;4*1-2/h6,8-9,14,21,26H,4-5,7,10-13H2,1-3H3,(H,22,25)(H,23,24);7-10,23H,4-6,11-12H2,1-3H3,(H,19,21)(H,20,22);2*4-8,11H2,1-3H3,(H,12,13);4*1-2H3. The van der Waals surface area contributed by atoms with Crippen molar-refractivity contribution in [2.45, 2.75) is 222 Å². The van der Waals surface area contributed by atoms with Crippen LogP contribution in [-0.4, -0.2) is 120 Å². The first kappa shape index (κ1) is 91.0. The molecule has 13 N–H and O–H groups in total. The number of nitrogens with two attached hydrogens (primary N) is 2. The first-order chi connectivity index (χ1) is 40.6. The van der Waals surface area contributed by atoms with Gasteiger partial charge in [0.15, 0.2) is 0 Å². The zero-order valence-electron chi connectivity index (χ0n) is 57.1. The number of carbonyl (C=O) groups is 6. The molecule has 2 rings (SSSR count). The second-order valence-corrected chi connectivity index (χ2v) is 19.9. The summed E-state index contributed by atoms with van der Waals surface area (Å²) in [4.78, 5) is 71.4. The van der Waals surface area contributed by atoms with Gasteiger partial charge in [-0.05, 0) is 133 Å². The first-order valence-corrected chi connectivity index (χ1v) is 31.9. The van der Waals surface area contributed by atoms with E-state index in [4.69, 9.17) is 30.8 Å². The predicted molar refractivity (Wildman–Crippen MR) is 357 cm³/mol. The van der Waals surface area contributed by atoms with Crippen molar-refractivity contribution in [1.29, 1.82) is 0 Å². The molecule has 2 radical (unpaired) electrons. The smallest absolute Gasteiger partial charge is 0.537 e. The van der Waals surface area contributed by atoms with Gasteiger partial charge in [0.05, 0.1) is 0 Å². The SMILES string of the molecule is CC.CC.CC.CC.CCC(C)(CC)C(=O)NCCCN.CCC(C)(CC)C(=O)NCCCN.CCC(C)(CC)C(=O)NCCCNC(=O)c1ccc(O[B]O)cc1.CCC(C)(CC)C(=O)NCCCNCCC(=O)Nc1cccc(O[B]O)c1. The maximum absolute atomic E-state index is 12.1. The lowest BCUT2D eigenvalue weighted by Crippen LogP contribution is -2.39. The molecule has 2 aromatic carbocycles. The van der Waals surface area contributed by atoms with Crippen molar-refractivity contribution in [2.75, 3.05) is 64.2 Å². The van der Waals surface area contributed by atoms with E-state index in [1.165, 1.54) is 0 Å². The summed E-state index contributed by atoms with van der Waals surface area (Å²) in [6, 6.07) is 13.2. The Morgan fingerprint density at radius 2 is 0.776 bits per heavy atom. The Morgan fingerprint density at radius 1 is 0.447 bits per heavy atom. The Kier molecular flexibility index (Phi) is 63.3. The van der Waals surface area contributed by atoms with E-state index in [2.05, 4.69) is 37.2 Å². The fourth-order valence-corrected chi connectivity index (χ4v) is 6.76. The first-order valence-electron chi connectivity index (χ1n) is 31.9. The third-order valence-electron chi connectivity index (χ3n) is 14.6. The molecule has 0 saturated carbocycles. The molecule has 0 saturated heterocycles. The van der Waals surface area contributed by atoms with Crippen LogP contribution in [0.15, 0.2) is 48.5 Å². The van der Waals surface area contributed by atoms with Gasteiger partial charge >= 0.3 is 15.4 Å². The van der Waals surface area contributed by atoms with Gasteiger partial charge in [-0.15, -0.1) is 0 Å². The van der Waals surface area contributed by atoms with Gasteiger partial charge in [-0.2, -0.15) is 0 Å². The number of benzene rings is 2. The van der Waals surface area contributed by atoms with Crippen LogP contribution in [0.25, 0.3) is 0 Å². The monoisotopic (exact) mass is 1200 g/mol. The lowest BCUT2D eigenvalue weighted by atomic mass is 9.84. The Labute approximate surface area is 519 Å². The lowest BCUT2D eigenvalue weighted by Gasteiger charge is -2.25. The molecular formula is C64H125B2N9O10. The van der Waals surface area contributed by atoms with E-state index in [1.54, 1.807) is 48.5 Å². The number of hydrogen-bond donors (Lipinski definition) is 11. The van der Waals surface area contributed by atoms with Crippen molar-refractivity contribution >= 4 is 56.5 Å². The van der Waals surface area contributed by atoms with E-state index in [0.717, 1.165) is 77.2 Å². The molecular weight excluding hydrogens is 1080 g/mol. The molecule has 0 aromatic heterocycles.